The summed E-state index contributed by atoms with van der Waals surface area (Å²) in [5.41, 5.74) is -1.83. The van der Waals surface area contributed by atoms with Gasteiger partial charge in [-0.15, -0.1) is 6.42 Å². The SMILES string of the molecule is C#C[C@]1(O)CCC2C3CC[C@H]4C[C@@H](O)CCC4C3[C@@H](C(F)F)C[C@@]21C. The summed E-state index contributed by atoms with van der Waals surface area (Å²) < 4.78 is 28.3. The van der Waals surface area contributed by atoms with E-state index in [0.29, 0.717) is 24.7 Å². The van der Waals surface area contributed by atoms with Gasteiger partial charge in [0, 0.05) is 11.3 Å². The topological polar surface area (TPSA) is 40.5 Å². The van der Waals surface area contributed by atoms with Crippen LogP contribution in [0.3, 0.4) is 0 Å². The van der Waals surface area contributed by atoms with E-state index in [4.69, 9.17) is 6.42 Å². The summed E-state index contributed by atoms with van der Waals surface area (Å²) in [6.07, 6.45) is 9.14. The van der Waals surface area contributed by atoms with Crippen molar-refractivity contribution < 1.29 is 19.0 Å². The largest absolute Gasteiger partial charge is 0.393 e. The highest BCUT2D eigenvalue weighted by Crippen LogP contribution is 2.67. The first-order valence-corrected chi connectivity index (χ1v) is 9.97. The van der Waals surface area contributed by atoms with E-state index in [0.717, 1.165) is 38.5 Å². The Hall–Kier alpha value is -0.660. The van der Waals surface area contributed by atoms with E-state index in [-0.39, 0.29) is 23.9 Å². The number of alkyl halides is 2. The molecule has 2 N–H and O–H groups in total. The van der Waals surface area contributed by atoms with Crippen LogP contribution in [0.1, 0.15) is 58.3 Å². The average molecular weight is 352 g/mol. The number of terminal acetylenes is 1. The molecule has 25 heavy (non-hydrogen) atoms. The Morgan fingerprint density at radius 1 is 1.12 bits per heavy atom. The Labute approximate surface area is 149 Å². The Morgan fingerprint density at radius 3 is 2.52 bits per heavy atom. The Bertz CT molecular complexity index is 573. The van der Waals surface area contributed by atoms with Gasteiger partial charge in [-0.05, 0) is 81.0 Å². The van der Waals surface area contributed by atoms with E-state index in [1.165, 1.54) is 0 Å². The van der Waals surface area contributed by atoms with E-state index in [1.807, 2.05) is 6.92 Å². The lowest BCUT2D eigenvalue weighted by molar-refractivity contribution is -0.165. The molecule has 4 rings (SSSR count). The highest BCUT2D eigenvalue weighted by atomic mass is 19.3. The number of hydrogen-bond donors (Lipinski definition) is 2. The quantitative estimate of drug-likeness (QED) is 0.704. The Balaban J connectivity index is 1.70. The zero-order chi connectivity index (χ0) is 18.0. The molecule has 0 bridgehead atoms. The number of aliphatic hydroxyl groups excluding tert-OH is 1. The maximum atomic E-state index is 14.1. The summed E-state index contributed by atoms with van der Waals surface area (Å²) in [5.74, 6) is 3.13. The van der Waals surface area contributed by atoms with Crippen molar-refractivity contribution in [3.05, 3.63) is 0 Å². The minimum atomic E-state index is -2.36. The van der Waals surface area contributed by atoms with Gasteiger partial charge in [-0.3, -0.25) is 0 Å². The van der Waals surface area contributed by atoms with Crippen molar-refractivity contribution in [3.8, 4) is 12.3 Å². The number of hydrogen-bond acceptors (Lipinski definition) is 2. The van der Waals surface area contributed by atoms with Crippen LogP contribution < -0.4 is 0 Å². The summed E-state index contributed by atoms with van der Waals surface area (Å²) in [6.45, 7) is 1.97. The van der Waals surface area contributed by atoms with Gasteiger partial charge in [-0.1, -0.05) is 12.8 Å². The average Bonchev–Trinajstić information content (AvgIpc) is 2.85. The molecule has 4 saturated carbocycles. The predicted molar refractivity (Wildman–Crippen MR) is 91.8 cm³/mol. The third-order valence-corrected chi connectivity index (χ3v) is 8.69. The van der Waals surface area contributed by atoms with Crippen molar-refractivity contribution in [1.82, 2.24) is 0 Å². The Kier molecular flexibility index (Phi) is 4.20. The molecule has 2 nitrogen and oxygen atoms in total. The van der Waals surface area contributed by atoms with Crippen LogP contribution in [0.5, 0.6) is 0 Å². The fourth-order valence-corrected chi connectivity index (χ4v) is 7.52. The van der Waals surface area contributed by atoms with Crippen LogP contribution in [0.15, 0.2) is 0 Å². The maximum absolute atomic E-state index is 14.1. The molecule has 0 spiro atoms. The van der Waals surface area contributed by atoms with E-state index in [2.05, 4.69) is 5.92 Å². The van der Waals surface area contributed by atoms with Crippen LogP contribution in [-0.2, 0) is 0 Å². The first-order valence-electron chi connectivity index (χ1n) is 9.97. The highest BCUT2D eigenvalue weighted by molar-refractivity contribution is 5.24. The molecule has 0 aromatic carbocycles. The monoisotopic (exact) mass is 352 g/mol. The normalized spacial score (nSPS) is 55.2. The predicted octanol–water partition coefficient (Wildman–Crippen LogP) is 3.86. The molecule has 4 aliphatic rings. The zero-order valence-electron chi connectivity index (χ0n) is 15.0. The smallest absolute Gasteiger partial charge is 0.241 e. The van der Waals surface area contributed by atoms with Crippen LogP contribution in [0.2, 0.25) is 0 Å². The van der Waals surface area contributed by atoms with Crippen LogP contribution in [0.25, 0.3) is 0 Å². The molecule has 4 unspecified atom stereocenters. The summed E-state index contributed by atoms with van der Waals surface area (Å²) >= 11 is 0. The van der Waals surface area contributed by atoms with Crippen molar-refractivity contribution in [3.63, 3.8) is 0 Å². The minimum Gasteiger partial charge on any atom is -0.393 e. The van der Waals surface area contributed by atoms with Crippen LogP contribution in [-0.4, -0.2) is 28.3 Å². The second kappa shape index (κ2) is 5.92. The van der Waals surface area contributed by atoms with Gasteiger partial charge in [0.05, 0.1) is 6.10 Å². The molecule has 0 saturated heterocycles. The van der Waals surface area contributed by atoms with Crippen molar-refractivity contribution >= 4 is 0 Å². The van der Waals surface area contributed by atoms with Crippen molar-refractivity contribution in [1.29, 1.82) is 0 Å². The molecule has 0 aliphatic heterocycles. The van der Waals surface area contributed by atoms with Crippen LogP contribution in [0.4, 0.5) is 8.78 Å². The van der Waals surface area contributed by atoms with Gasteiger partial charge in [0.15, 0.2) is 0 Å². The van der Waals surface area contributed by atoms with Gasteiger partial charge in [0.25, 0.3) is 0 Å². The second-order valence-corrected chi connectivity index (χ2v) is 9.48. The highest BCUT2D eigenvalue weighted by Gasteiger charge is 2.65. The standard InChI is InChI=1S/C21H30F2O2/c1-3-21(25)9-8-17-15-6-4-12-10-13(24)5-7-14(12)18(15)16(19(22)23)11-20(17,21)2/h1,12-19,24-25H,4-11H2,2H3/t12-,13-,14?,15?,16-,17?,18?,20-,21-/m0/s1. The third-order valence-electron chi connectivity index (χ3n) is 8.69. The molecule has 4 heteroatoms. The lowest BCUT2D eigenvalue weighted by Crippen LogP contribution is -2.57. The molecule has 0 aromatic rings. The molecular formula is C21H30F2O2. The number of aliphatic hydroxyl groups is 2. The Morgan fingerprint density at radius 2 is 1.84 bits per heavy atom. The summed E-state index contributed by atoms with van der Waals surface area (Å²) in [6, 6.07) is 0. The first-order chi connectivity index (χ1) is 11.8. The fourth-order valence-electron chi connectivity index (χ4n) is 7.52. The zero-order valence-corrected chi connectivity index (χ0v) is 15.0. The molecule has 4 aliphatic carbocycles. The summed E-state index contributed by atoms with van der Waals surface area (Å²) in [7, 11) is 0. The van der Waals surface area contributed by atoms with E-state index < -0.39 is 23.4 Å². The van der Waals surface area contributed by atoms with Gasteiger partial charge in [0.1, 0.15) is 5.60 Å². The number of fused-ring (bicyclic) bond motifs is 5. The van der Waals surface area contributed by atoms with Gasteiger partial charge < -0.3 is 10.2 Å². The van der Waals surface area contributed by atoms with Crippen molar-refractivity contribution in [2.24, 2.45) is 40.9 Å². The van der Waals surface area contributed by atoms with Crippen LogP contribution >= 0.6 is 0 Å². The van der Waals surface area contributed by atoms with E-state index >= 15 is 0 Å². The summed E-state index contributed by atoms with van der Waals surface area (Å²) in [5, 5.41) is 21.0. The lowest BCUT2D eigenvalue weighted by atomic mass is 9.46. The number of halogens is 2. The molecule has 9 atom stereocenters. The van der Waals surface area contributed by atoms with E-state index in [9.17, 15) is 19.0 Å². The van der Waals surface area contributed by atoms with Crippen molar-refractivity contribution in [2.45, 2.75) is 76.4 Å². The molecule has 0 heterocycles. The first kappa shape index (κ1) is 17.7. The lowest BCUT2D eigenvalue weighted by Gasteiger charge is -2.59. The minimum absolute atomic E-state index is 0.0319. The molecule has 0 aromatic heterocycles. The molecule has 4 fully saturated rings. The summed E-state index contributed by atoms with van der Waals surface area (Å²) in [4.78, 5) is 0. The molecule has 0 radical (unpaired) electrons. The van der Waals surface area contributed by atoms with Crippen molar-refractivity contribution in [2.75, 3.05) is 0 Å². The number of rotatable bonds is 1. The maximum Gasteiger partial charge on any atom is 0.241 e. The molecule has 140 valence electrons. The van der Waals surface area contributed by atoms with E-state index in [1.54, 1.807) is 0 Å². The third kappa shape index (κ3) is 2.42. The second-order valence-electron chi connectivity index (χ2n) is 9.48. The van der Waals surface area contributed by atoms with Gasteiger partial charge >= 0.3 is 0 Å². The van der Waals surface area contributed by atoms with Crippen LogP contribution in [0, 0.1) is 53.3 Å². The van der Waals surface area contributed by atoms with Gasteiger partial charge in [-0.25, -0.2) is 8.78 Å². The van der Waals surface area contributed by atoms with Gasteiger partial charge in [-0.2, -0.15) is 0 Å². The molecular weight excluding hydrogens is 322 g/mol. The molecule has 0 amide bonds. The fraction of sp³-hybridized carbons (Fsp3) is 0.905. The van der Waals surface area contributed by atoms with Gasteiger partial charge in [0.2, 0.25) is 6.43 Å².